The third kappa shape index (κ3) is 5.02. The molecule has 0 radical (unpaired) electrons. The van der Waals surface area contributed by atoms with Crippen molar-refractivity contribution in [3.8, 4) is 11.5 Å². The molecule has 2 amide bonds. The monoisotopic (exact) mass is 451 g/mol. The van der Waals surface area contributed by atoms with Gasteiger partial charge in [-0.25, -0.2) is 0 Å². The summed E-state index contributed by atoms with van der Waals surface area (Å²) >= 11 is 0. The van der Waals surface area contributed by atoms with Crippen LogP contribution in [0.4, 0.5) is 5.69 Å². The number of methoxy groups -OCH3 is 2. The van der Waals surface area contributed by atoms with Crippen molar-refractivity contribution in [3.63, 3.8) is 0 Å². The molecule has 0 spiro atoms. The number of ether oxygens (including phenoxy) is 3. The normalized spacial score (nSPS) is 17.0. The zero-order chi connectivity index (χ0) is 23.2. The third-order valence-corrected chi connectivity index (χ3v) is 5.86. The van der Waals surface area contributed by atoms with E-state index in [-0.39, 0.29) is 17.5 Å². The molecule has 0 aliphatic carbocycles. The molecule has 2 aliphatic heterocycles. The lowest BCUT2D eigenvalue weighted by Crippen LogP contribution is -2.39. The molecular formula is C25H29N3O5. The minimum absolute atomic E-state index is 0.251. The van der Waals surface area contributed by atoms with Crippen LogP contribution in [0.3, 0.4) is 0 Å². The fraction of sp³-hybridized carbons (Fsp3) is 0.360. The molecule has 33 heavy (non-hydrogen) atoms. The van der Waals surface area contributed by atoms with Gasteiger partial charge in [0.1, 0.15) is 17.2 Å². The van der Waals surface area contributed by atoms with Gasteiger partial charge in [0.05, 0.1) is 33.0 Å². The molecule has 2 aliphatic rings. The van der Waals surface area contributed by atoms with E-state index < -0.39 is 0 Å². The Labute approximate surface area is 193 Å². The molecule has 2 aromatic rings. The fourth-order valence-corrected chi connectivity index (χ4v) is 4.09. The van der Waals surface area contributed by atoms with E-state index in [9.17, 15) is 9.59 Å². The van der Waals surface area contributed by atoms with Crippen molar-refractivity contribution in [3.05, 3.63) is 59.8 Å². The first-order valence-electron chi connectivity index (χ1n) is 11.1. The number of nitrogens with one attached hydrogen (secondary N) is 1. The molecular weight excluding hydrogens is 422 g/mol. The first kappa shape index (κ1) is 22.8. The van der Waals surface area contributed by atoms with Gasteiger partial charge in [0, 0.05) is 37.4 Å². The summed E-state index contributed by atoms with van der Waals surface area (Å²) in [4.78, 5) is 30.5. The Morgan fingerprint density at radius 2 is 1.64 bits per heavy atom. The SMILES string of the molecule is COc1ccc(NC2=C(c3ccccc3OC)C(=O)N(CCCN3CCOCC3)C2=O)cc1. The van der Waals surface area contributed by atoms with Crippen LogP contribution in [-0.4, -0.2) is 75.2 Å². The number of hydrogen-bond donors (Lipinski definition) is 1. The molecule has 0 saturated carbocycles. The number of imide groups is 1. The molecule has 0 unspecified atom stereocenters. The van der Waals surface area contributed by atoms with Gasteiger partial charge >= 0.3 is 0 Å². The Balaban J connectivity index is 1.59. The fourth-order valence-electron chi connectivity index (χ4n) is 4.09. The van der Waals surface area contributed by atoms with Crippen LogP contribution < -0.4 is 14.8 Å². The van der Waals surface area contributed by atoms with Gasteiger partial charge in [0.2, 0.25) is 0 Å². The number of morpholine rings is 1. The number of anilines is 1. The van der Waals surface area contributed by atoms with E-state index >= 15 is 0 Å². The van der Waals surface area contributed by atoms with Crippen molar-refractivity contribution in [2.24, 2.45) is 0 Å². The average molecular weight is 452 g/mol. The summed E-state index contributed by atoms with van der Waals surface area (Å²) in [6, 6.07) is 14.5. The molecule has 8 nitrogen and oxygen atoms in total. The molecule has 2 heterocycles. The van der Waals surface area contributed by atoms with Gasteiger partial charge in [-0.3, -0.25) is 19.4 Å². The first-order chi connectivity index (χ1) is 16.1. The molecule has 4 rings (SSSR count). The average Bonchev–Trinajstić information content (AvgIpc) is 3.09. The maximum atomic E-state index is 13.5. The minimum Gasteiger partial charge on any atom is -0.497 e. The van der Waals surface area contributed by atoms with Crippen LogP contribution in [0.25, 0.3) is 5.57 Å². The Bertz CT molecular complexity index is 1030. The number of carbonyl (C=O) groups is 2. The van der Waals surface area contributed by atoms with Crippen LogP contribution in [0, 0.1) is 0 Å². The molecule has 174 valence electrons. The highest BCUT2D eigenvalue weighted by Crippen LogP contribution is 2.35. The van der Waals surface area contributed by atoms with E-state index in [4.69, 9.17) is 14.2 Å². The number of amides is 2. The van der Waals surface area contributed by atoms with Crippen LogP contribution in [0.15, 0.2) is 54.2 Å². The highest BCUT2D eigenvalue weighted by atomic mass is 16.5. The lowest BCUT2D eigenvalue weighted by molar-refractivity contribution is -0.136. The molecule has 1 fully saturated rings. The van der Waals surface area contributed by atoms with E-state index in [0.717, 1.165) is 32.8 Å². The standard InChI is InChI=1S/C25H29N3O5/c1-31-19-10-8-18(9-11-19)26-23-22(20-6-3-4-7-21(20)32-2)24(29)28(25(23)30)13-5-12-27-14-16-33-17-15-27/h3-4,6-11,26H,5,12-17H2,1-2H3. The first-order valence-corrected chi connectivity index (χ1v) is 11.1. The van der Waals surface area contributed by atoms with Crippen LogP contribution >= 0.6 is 0 Å². The summed E-state index contributed by atoms with van der Waals surface area (Å²) in [5, 5.41) is 3.17. The quantitative estimate of drug-likeness (QED) is 0.587. The second-order valence-corrected chi connectivity index (χ2v) is 7.87. The zero-order valence-corrected chi connectivity index (χ0v) is 19.0. The highest BCUT2D eigenvalue weighted by molar-refractivity contribution is 6.37. The van der Waals surface area contributed by atoms with Crippen molar-refractivity contribution in [2.75, 3.05) is 58.9 Å². The maximum Gasteiger partial charge on any atom is 0.278 e. The number of hydrogen-bond acceptors (Lipinski definition) is 7. The van der Waals surface area contributed by atoms with Crippen molar-refractivity contribution < 1.29 is 23.8 Å². The molecule has 2 aromatic carbocycles. The lowest BCUT2D eigenvalue weighted by atomic mass is 10.0. The van der Waals surface area contributed by atoms with E-state index in [0.29, 0.717) is 41.3 Å². The number of benzene rings is 2. The summed E-state index contributed by atoms with van der Waals surface area (Å²) in [5.74, 6) is 0.595. The smallest absolute Gasteiger partial charge is 0.278 e. The number of rotatable bonds is 9. The van der Waals surface area contributed by atoms with Crippen molar-refractivity contribution in [1.82, 2.24) is 9.80 Å². The highest BCUT2D eigenvalue weighted by Gasteiger charge is 2.40. The second-order valence-electron chi connectivity index (χ2n) is 7.87. The van der Waals surface area contributed by atoms with Crippen molar-refractivity contribution in [2.45, 2.75) is 6.42 Å². The zero-order valence-electron chi connectivity index (χ0n) is 19.0. The second kappa shape index (κ2) is 10.5. The van der Waals surface area contributed by atoms with Gasteiger partial charge in [0.15, 0.2) is 0 Å². The molecule has 8 heteroatoms. The van der Waals surface area contributed by atoms with Gasteiger partial charge in [-0.15, -0.1) is 0 Å². The Hall–Kier alpha value is -3.36. The van der Waals surface area contributed by atoms with Crippen molar-refractivity contribution >= 4 is 23.1 Å². The summed E-state index contributed by atoms with van der Waals surface area (Å²) in [7, 11) is 3.15. The third-order valence-electron chi connectivity index (χ3n) is 5.86. The predicted octanol–water partition coefficient (Wildman–Crippen LogP) is 2.62. The lowest BCUT2D eigenvalue weighted by Gasteiger charge is -2.27. The van der Waals surface area contributed by atoms with Crippen molar-refractivity contribution in [1.29, 1.82) is 0 Å². The van der Waals surface area contributed by atoms with E-state index in [1.54, 1.807) is 38.5 Å². The Morgan fingerprint density at radius 3 is 2.33 bits per heavy atom. The summed E-state index contributed by atoms with van der Waals surface area (Å²) in [6.45, 7) is 4.34. The molecule has 1 N–H and O–H groups in total. The van der Waals surface area contributed by atoms with Gasteiger partial charge in [-0.05, 0) is 36.8 Å². The Morgan fingerprint density at radius 1 is 0.909 bits per heavy atom. The number of para-hydroxylation sites is 1. The van der Waals surface area contributed by atoms with Gasteiger partial charge < -0.3 is 19.5 Å². The van der Waals surface area contributed by atoms with Crippen LogP contribution in [-0.2, 0) is 14.3 Å². The summed E-state index contributed by atoms with van der Waals surface area (Å²) in [5.41, 5.74) is 1.85. The minimum atomic E-state index is -0.335. The van der Waals surface area contributed by atoms with E-state index in [1.165, 1.54) is 4.90 Å². The molecule has 0 atom stereocenters. The Kier molecular flexibility index (Phi) is 7.26. The molecule has 0 aromatic heterocycles. The number of carbonyl (C=O) groups excluding carboxylic acids is 2. The van der Waals surface area contributed by atoms with Crippen LogP contribution in [0.1, 0.15) is 12.0 Å². The molecule has 0 bridgehead atoms. The van der Waals surface area contributed by atoms with Gasteiger partial charge in [0.25, 0.3) is 11.8 Å². The van der Waals surface area contributed by atoms with E-state index in [1.807, 2.05) is 24.3 Å². The van der Waals surface area contributed by atoms with Gasteiger partial charge in [-0.1, -0.05) is 18.2 Å². The largest absolute Gasteiger partial charge is 0.497 e. The van der Waals surface area contributed by atoms with Crippen LogP contribution in [0.5, 0.6) is 11.5 Å². The van der Waals surface area contributed by atoms with E-state index in [2.05, 4.69) is 10.2 Å². The number of nitrogens with zero attached hydrogens (tertiary/aromatic N) is 2. The summed E-state index contributed by atoms with van der Waals surface area (Å²) < 4.78 is 16.1. The summed E-state index contributed by atoms with van der Waals surface area (Å²) in [6.07, 6.45) is 0.701. The topological polar surface area (TPSA) is 80.3 Å². The maximum absolute atomic E-state index is 13.5. The van der Waals surface area contributed by atoms with Crippen LogP contribution in [0.2, 0.25) is 0 Å². The van der Waals surface area contributed by atoms with Gasteiger partial charge in [-0.2, -0.15) is 0 Å². The molecule has 1 saturated heterocycles. The predicted molar refractivity (Wildman–Crippen MR) is 125 cm³/mol.